The molecule has 1 spiro atoms. The monoisotopic (exact) mass is 479 g/mol. The van der Waals surface area contributed by atoms with E-state index in [1.165, 1.54) is 11.8 Å². The first kappa shape index (κ1) is 21.3. The fraction of sp³-hybridized carbons (Fsp3) is 0.360. The van der Waals surface area contributed by atoms with Crippen molar-refractivity contribution in [1.29, 1.82) is 0 Å². The lowest BCUT2D eigenvalue weighted by atomic mass is 9.75. The molecule has 0 unspecified atom stereocenters. The zero-order valence-corrected chi connectivity index (χ0v) is 19.4. The molecule has 174 valence electrons. The first-order valence-corrected chi connectivity index (χ1v) is 11.7. The maximum Gasteiger partial charge on any atom is 0.308 e. The summed E-state index contributed by atoms with van der Waals surface area (Å²) in [6, 6.07) is 9.74. The lowest BCUT2D eigenvalue weighted by Crippen LogP contribution is -2.54. The molecule has 4 aliphatic heterocycles. The molecule has 0 saturated carbocycles. The second-order valence-electron chi connectivity index (χ2n) is 9.40. The predicted molar refractivity (Wildman–Crippen MR) is 123 cm³/mol. The molecule has 3 fully saturated rings. The van der Waals surface area contributed by atoms with Gasteiger partial charge in [0.25, 0.3) is 5.91 Å². The Labute approximate surface area is 200 Å². The van der Waals surface area contributed by atoms with Gasteiger partial charge >= 0.3 is 5.97 Å². The highest BCUT2D eigenvalue weighted by atomic mass is 35.5. The Bertz CT molecular complexity index is 1290. The number of amides is 3. The van der Waals surface area contributed by atoms with Crippen molar-refractivity contribution in [1.82, 2.24) is 4.90 Å². The van der Waals surface area contributed by atoms with E-state index in [1.807, 2.05) is 13.0 Å². The summed E-state index contributed by atoms with van der Waals surface area (Å²) in [6.07, 6.45) is 1.58. The van der Waals surface area contributed by atoms with Gasteiger partial charge in [-0.15, -0.1) is 0 Å². The summed E-state index contributed by atoms with van der Waals surface area (Å²) in [4.78, 5) is 55.9. The topological polar surface area (TPSA) is 96.0 Å². The Kier molecular flexibility index (Phi) is 4.47. The van der Waals surface area contributed by atoms with E-state index in [9.17, 15) is 19.2 Å². The maximum absolute atomic E-state index is 14.0. The Morgan fingerprint density at radius 3 is 2.59 bits per heavy atom. The van der Waals surface area contributed by atoms with Gasteiger partial charge in [0, 0.05) is 18.5 Å². The summed E-state index contributed by atoms with van der Waals surface area (Å²) in [5, 5.41) is 3.35. The molecule has 0 aromatic heterocycles. The lowest BCUT2D eigenvalue weighted by Gasteiger charge is -2.36. The summed E-state index contributed by atoms with van der Waals surface area (Å²) in [6.45, 7) is 3.83. The molecule has 8 nitrogen and oxygen atoms in total. The van der Waals surface area contributed by atoms with Crippen molar-refractivity contribution in [2.24, 2.45) is 11.8 Å². The average Bonchev–Trinajstić information content (AvgIpc) is 3.48. The van der Waals surface area contributed by atoms with Gasteiger partial charge in [-0.25, -0.2) is 4.90 Å². The molecular formula is C25H22ClN3O5. The molecule has 0 radical (unpaired) electrons. The molecule has 0 bridgehead atoms. The molecule has 0 aliphatic carbocycles. The van der Waals surface area contributed by atoms with Crippen molar-refractivity contribution < 1.29 is 23.9 Å². The van der Waals surface area contributed by atoms with Gasteiger partial charge in [0.1, 0.15) is 11.3 Å². The van der Waals surface area contributed by atoms with Crippen molar-refractivity contribution in [2.45, 2.75) is 38.3 Å². The van der Waals surface area contributed by atoms with E-state index in [-0.39, 0.29) is 17.9 Å². The van der Waals surface area contributed by atoms with Crippen LogP contribution in [0.5, 0.6) is 5.75 Å². The van der Waals surface area contributed by atoms with Crippen LogP contribution < -0.4 is 15.0 Å². The minimum absolute atomic E-state index is 0.206. The molecule has 34 heavy (non-hydrogen) atoms. The van der Waals surface area contributed by atoms with Crippen molar-refractivity contribution in [3.63, 3.8) is 0 Å². The lowest BCUT2D eigenvalue weighted by molar-refractivity contribution is -0.135. The molecule has 9 heteroatoms. The maximum atomic E-state index is 14.0. The molecule has 4 heterocycles. The quantitative estimate of drug-likeness (QED) is 0.404. The largest absolute Gasteiger partial charge is 0.427 e. The second-order valence-corrected chi connectivity index (χ2v) is 9.80. The summed E-state index contributed by atoms with van der Waals surface area (Å²) >= 11 is 6.50. The standard InChI is InChI=1S/C25H22ClN3O5/c1-12-10-16-21(17(26)11-12)27-24(33)25(16)20-19(18-4-3-9-28(18)25)22(31)29(23(20)32)14-5-7-15(8-6-14)34-13(2)30/h5-8,10-11,18-20H,3-4,9H2,1-2H3,(H,27,33)/t18-,19+,20+,25+/m0/s1. The number of aryl methyl sites for hydroxylation is 1. The molecule has 6 rings (SSSR count). The summed E-state index contributed by atoms with van der Waals surface area (Å²) in [5.74, 6) is -2.62. The summed E-state index contributed by atoms with van der Waals surface area (Å²) in [7, 11) is 0. The van der Waals surface area contributed by atoms with E-state index < -0.39 is 29.3 Å². The average molecular weight is 480 g/mol. The fourth-order valence-electron chi connectivity index (χ4n) is 6.48. The zero-order chi connectivity index (χ0) is 23.9. The van der Waals surface area contributed by atoms with Gasteiger partial charge in [-0.2, -0.15) is 0 Å². The van der Waals surface area contributed by atoms with Gasteiger partial charge in [-0.1, -0.05) is 17.7 Å². The van der Waals surface area contributed by atoms with Gasteiger partial charge in [0.2, 0.25) is 11.8 Å². The van der Waals surface area contributed by atoms with Crippen LogP contribution in [0.25, 0.3) is 0 Å². The fourth-order valence-corrected chi connectivity index (χ4v) is 6.80. The highest BCUT2D eigenvalue weighted by Crippen LogP contribution is 2.61. The molecule has 4 aliphatic rings. The van der Waals surface area contributed by atoms with Crippen LogP contribution in [0, 0.1) is 18.8 Å². The van der Waals surface area contributed by atoms with Gasteiger partial charge < -0.3 is 10.1 Å². The van der Waals surface area contributed by atoms with E-state index in [2.05, 4.69) is 10.2 Å². The van der Waals surface area contributed by atoms with Gasteiger partial charge in [0.05, 0.1) is 28.2 Å². The van der Waals surface area contributed by atoms with Crippen LogP contribution in [0.3, 0.4) is 0 Å². The van der Waals surface area contributed by atoms with Crippen molar-refractivity contribution in [3.8, 4) is 5.75 Å². The van der Waals surface area contributed by atoms with E-state index in [1.54, 1.807) is 30.3 Å². The van der Waals surface area contributed by atoms with Crippen LogP contribution in [0.4, 0.5) is 11.4 Å². The number of rotatable bonds is 2. The zero-order valence-electron chi connectivity index (χ0n) is 18.6. The second kappa shape index (κ2) is 7.13. The van der Waals surface area contributed by atoms with Crippen LogP contribution in [0.1, 0.15) is 30.9 Å². The first-order chi connectivity index (χ1) is 16.2. The summed E-state index contributed by atoms with van der Waals surface area (Å²) in [5.41, 5.74) is 1.20. The smallest absolute Gasteiger partial charge is 0.308 e. The van der Waals surface area contributed by atoms with E-state index in [4.69, 9.17) is 16.3 Å². The minimum atomic E-state index is -1.27. The Morgan fingerprint density at radius 1 is 1.15 bits per heavy atom. The van der Waals surface area contributed by atoms with Crippen LogP contribution in [-0.4, -0.2) is 41.2 Å². The van der Waals surface area contributed by atoms with Gasteiger partial charge in [0.15, 0.2) is 0 Å². The number of anilines is 2. The van der Waals surface area contributed by atoms with E-state index >= 15 is 0 Å². The number of nitrogens with one attached hydrogen (secondary N) is 1. The predicted octanol–water partition coefficient (Wildman–Crippen LogP) is 3.00. The number of hydrogen-bond acceptors (Lipinski definition) is 6. The third kappa shape index (κ3) is 2.58. The van der Waals surface area contributed by atoms with Crippen LogP contribution in [0.2, 0.25) is 5.02 Å². The number of carbonyl (C=O) groups is 4. The number of nitrogens with zero attached hydrogens (tertiary/aromatic N) is 2. The molecule has 2 aromatic rings. The molecule has 2 aromatic carbocycles. The number of carbonyl (C=O) groups excluding carboxylic acids is 4. The molecule has 4 atom stereocenters. The number of ether oxygens (including phenoxy) is 1. The van der Waals surface area contributed by atoms with E-state index in [0.29, 0.717) is 34.3 Å². The Morgan fingerprint density at radius 2 is 1.88 bits per heavy atom. The molecule has 3 amide bonds. The normalized spacial score (nSPS) is 29.4. The number of imide groups is 1. The number of esters is 1. The van der Waals surface area contributed by atoms with Crippen LogP contribution in [-0.2, 0) is 24.7 Å². The Hall–Kier alpha value is -3.23. The van der Waals surface area contributed by atoms with Gasteiger partial charge in [-0.3, -0.25) is 24.1 Å². The number of benzene rings is 2. The third-order valence-electron chi connectivity index (χ3n) is 7.55. The molecule has 1 N–H and O–H groups in total. The third-order valence-corrected chi connectivity index (χ3v) is 7.85. The minimum Gasteiger partial charge on any atom is -0.427 e. The number of halogens is 1. The van der Waals surface area contributed by atoms with Crippen molar-refractivity contribution in [2.75, 3.05) is 16.8 Å². The van der Waals surface area contributed by atoms with Crippen molar-refractivity contribution >= 4 is 46.7 Å². The number of fused-ring (bicyclic) bond motifs is 7. The van der Waals surface area contributed by atoms with Crippen LogP contribution in [0.15, 0.2) is 36.4 Å². The SMILES string of the molecule is CC(=O)Oc1ccc(N2C(=O)[C@@H]3[C@@H]4CCCN4[C@@]4(C(=O)Nc5c(Cl)cc(C)cc54)[C@H]3C2=O)cc1. The highest BCUT2D eigenvalue weighted by Gasteiger charge is 2.74. The van der Waals surface area contributed by atoms with E-state index in [0.717, 1.165) is 18.4 Å². The first-order valence-electron chi connectivity index (χ1n) is 11.3. The number of hydrogen-bond donors (Lipinski definition) is 1. The molecule has 3 saturated heterocycles. The molecular weight excluding hydrogens is 458 g/mol. The van der Waals surface area contributed by atoms with Gasteiger partial charge in [-0.05, 0) is 62.2 Å². The summed E-state index contributed by atoms with van der Waals surface area (Å²) < 4.78 is 5.07. The highest BCUT2D eigenvalue weighted by molar-refractivity contribution is 6.35. The Balaban J connectivity index is 1.48. The van der Waals surface area contributed by atoms with Crippen LogP contribution >= 0.6 is 11.6 Å². The van der Waals surface area contributed by atoms with Crippen molar-refractivity contribution in [3.05, 3.63) is 52.5 Å².